The van der Waals surface area contributed by atoms with Gasteiger partial charge < -0.3 is 10.1 Å². The molecule has 0 radical (unpaired) electrons. The third-order valence-corrected chi connectivity index (χ3v) is 4.45. The maximum absolute atomic E-state index is 13.0. The Morgan fingerprint density at radius 2 is 1.74 bits per heavy atom. The number of anilines is 1. The summed E-state index contributed by atoms with van der Waals surface area (Å²) >= 11 is 1.48. The average Bonchev–Trinajstić information content (AvgIpc) is 3.20. The van der Waals surface area contributed by atoms with Crippen molar-refractivity contribution in [1.29, 1.82) is 0 Å². The third kappa shape index (κ3) is 5.36. The fraction of sp³-hybridized carbons (Fsp3) is 0.0476. The van der Waals surface area contributed by atoms with Crippen LogP contribution >= 0.6 is 11.3 Å². The van der Waals surface area contributed by atoms with Crippen LogP contribution in [0.2, 0.25) is 0 Å². The minimum atomic E-state index is -1.13. The third-order valence-electron chi connectivity index (χ3n) is 3.61. The molecule has 3 aromatic rings. The average molecular weight is 381 g/mol. The lowest BCUT2D eigenvalue weighted by molar-refractivity contribution is -0.149. The summed E-state index contributed by atoms with van der Waals surface area (Å²) in [5, 5.41) is 4.53. The predicted octanol–water partition coefficient (Wildman–Crippen LogP) is 4.82. The van der Waals surface area contributed by atoms with Crippen molar-refractivity contribution in [1.82, 2.24) is 0 Å². The molecule has 136 valence electrons. The van der Waals surface area contributed by atoms with E-state index < -0.39 is 23.8 Å². The highest BCUT2D eigenvalue weighted by Gasteiger charge is 2.24. The summed E-state index contributed by atoms with van der Waals surface area (Å²) in [7, 11) is 0. The van der Waals surface area contributed by atoms with Crippen molar-refractivity contribution in [3.05, 3.63) is 94.4 Å². The van der Waals surface area contributed by atoms with Gasteiger partial charge in [0.1, 0.15) is 5.82 Å². The molecule has 2 aromatic carbocycles. The van der Waals surface area contributed by atoms with Crippen molar-refractivity contribution in [3.63, 3.8) is 0 Å². The minimum absolute atomic E-state index is 0.405. The molecule has 3 rings (SSSR count). The fourth-order valence-electron chi connectivity index (χ4n) is 2.33. The molecule has 0 saturated carbocycles. The van der Waals surface area contributed by atoms with E-state index in [9.17, 15) is 14.0 Å². The molecule has 1 aromatic heterocycles. The number of nitrogens with one attached hydrogen (secondary N) is 1. The van der Waals surface area contributed by atoms with Crippen LogP contribution in [0.5, 0.6) is 0 Å². The van der Waals surface area contributed by atoms with Crippen molar-refractivity contribution < 1.29 is 18.7 Å². The second kappa shape index (κ2) is 8.91. The van der Waals surface area contributed by atoms with Crippen LogP contribution in [0, 0.1) is 5.82 Å². The molecule has 1 amide bonds. The van der Waals surface area contributed by atoms with Crippen LogP contribution in [-0.2, 0) is 14.3 Å². The Hall–Kier alpha value is -3.25. The molecule has 27 heavy (non-hydrogen) atoms. The van der Waals surface area contributed by atoms with Gasteiger partial charge in [0.05, 0.1) is 0 Å². The molecule has 0 saturated heterocycles. The first-order valence-electron chi connectivity index (χ1n) is 8.15. The van der Waals surface area contributed by atoms with Gasteiger partial charge in [-0.3, -0.25) is 4.79 Å². The molecule has 0 fully saturated rings. The van der Waals surface area contributed by atoms with E-state index in [0.717, 1.165) is 4.88 Å². The summed E-state index contributed by atoms with van der Waals surface area (Å²) in [5.41, 5.74) is 0.947. The van der Waals surface area contributed by atoms with E-state index in [1.165, 1.54) is 41.7 Å². The molecule has 0 spiro atoms. The lowest BCUT2D eigenvalue weighted by atomic mass is 10.1. The summed E-state index contributed by atoms with van der Waals surface area (Å²) in [4.78, 5) is 25.8. The van der Waals surface area contributed by atoms with Crippen molar-refractivity contribution >= 4 is 35.0 Å². The van der Waals surface area contributed by atoms with Gasteiger partial charge in [0.15, 0.2) is 0 Å². The van der Waals surface area contributed by atoms with Crippen LogP contribution in [-0.4, -0.2) is 11.9 Å². The monoisotopic (exact) mass is 381 g/mol. The van der Waals surface area contributed by atoms with Gasteiger partial charge in [-0.2, -0.15) is 0 Å². The van der Waals surface area contributed by atoms with Gasteiger partial charge in [-0.1, -0.05) is 36.4 Å². The highest BCUT2D eigenvalue weighted by Crippen LogP contribution is 2.21. The van der Waals surface area contributed by atoms with Crippen molar-refractivity contribution in [2.45, 2.75) is 6.10 Å². The topological polar surface area (TPSA) is 55.4 Å². The van der Waals surface area contributed by atoms with E-state index in [2.05, 4.69) is 5.32 Å². The number of esters is 1. The van der Waals surface area contributed by atoms with Gasteiger partial charge in [0, 0.05) is 22.2 Å². The number of carbonyl (C=O) groups excluding carboxylic acids is 2. The van der Waals surface area contributed by atoms with Crippen LogP contribution in [0.3, 0.4) is 0 Å². The van der Waals surface area contributed by atoms with Gasteiger partial charge in [0.2, 0.25) is 6.10 Å². The quantitative estimate of drug-likeness (QED) is 0.492. The maximum atomic E-state index is 13.0. The van der Waals surface area contributed by atoms with E-state index in [-0.39, 0.29) is 0 Å². The maximum Gasteiger partial charge on any atom is 0.331 e. The molecule has 1 atom stereocenters. The first kappa shape index (κ1) is 18.5. The number of benzene rings is 2. The number of hydrogen-bond acceptors (Lipinski definition) is 4. The number of halogens is 1. The van der Waals surface area contributed by atoms with Crippen LogP contribution in [0.15, 0.2) is 78.2 Å². The normalized spacial score (nSPS) is 11.9. The summed E-state index contributed by atoms with van der Waals surface area (Å²) in [5.74, 6) is -1.56. The number of thiophene rings is 1. The lowest BCUT2D eigenvalue weighted by Crippen LogP contribution is -2.25. The molecule has 1 N–H and O–H groups in total. The SMILES string of the molecule is O=C(/C=C/c1cccs1)O[C@H](C(=O)Nc1ccc(F)cc1)c1ccccc1. The Morgan fingerprint density at radius 3 is 2.41 bits per heavy atom. The van der Waals surface area contributed by atoms with E-state index >= 15 is 0 Å². The molecule has 0 aliphatic rings. The number of rotatable bonds is 6. The van der Waals surface area contributed by atoms with Crippen LogP contribution in [0.1, 0.15) is 16.5 Å². The zero-order chi connectivity index (χ0) is 19.1. The zero-order valence-corrected chi connectivity index (χ0v) is 15.0. The standard InChI is InChI=1S/C21H16FNO3S/c22-16-8-10-17(11-9-16)23-21(25)20(15-5-2-1-3-6-15)26-19(24)13-12-18-7-4-14-27-18/h1-14,20H,(H,23,25)/b13-12+/t20-/m0/s1. The van der Waals surface area contributed by atoms with Gasteiger partial charge in [-0.25, -0.2) is 9.18 Å². The Balaban J connectivity index is 1.75. The molecule has 0 bridgehead atoms. The van der Waals surface area contributed by atoms with Gasteiger partial charge in [-0.05, 0) is 41.8 Å². The second-order valence-corrected chi connectivity index (χ2v) is 6.55. The Bertz CT molecular complexity index is 922. The Kier molecular flexibility index (Phi) is 6.12. The molecule has 0 unspecified atom stereocenters. The first-order chi connectivity index (χ1) is 13.1. The Morgan fingerprint density at radius 1 is 1.00 bits per heavy atom. The summed E-state index contributed by atoms with van der Waals surface area (Å²) in [6.45, 7) is 0. The summed E-state index contributed by atoms with van der Waals surface area (Å²) < 4.78 is 18.4. The molecule has 4 nitrogen and oxygen atoms in total. The van der Waals surface area contributed by atoms with Crippen LogP contribution < -0.4 is 5.32 Å². The highest BCUT2D eigenvalue weighted by atomic mass is 32.1. The molecular formula is C21H16FNO3S. The fourth-order valence-corrected chi connectivity index (χ4v) is 2.95. The highest BCUT2D eigenvalue weighted by molar-refractivity contribution is 7.10. The number of hydrogen-bond donors (Lipinski definition) is 1. The van der Waals surface area contributed by atoms with Crippen molar-refractivity contribution in [2.75, 3.05) is 5.32 Å². The largest absolute Gasteiger partial charge is 0.444 e. The predicted molar refractivity (Wildman–Crippen MR) is 104 cm³/mol. The summed E-state index contributed by atoms with van der Waals surface area (Å²) in [6.07, 6.45) is 1.79. The van der Waals surface area contributed by atoms with E-state index in [0.29, 0.717) is 11.3 Å². The molecule has 6 heteroatoms. The van der Waals surface area contributed by atoms with Gasteiger partial charge >= 0.3 is 5.97 Å². The Labute approximate surface area is 159 Å². The van der Waals surface area contributed by atoms with Gasteiger partial charge in [0.25, 0.3) is 5.91 Å². The molecule has 1 heterocycles. The van der Waals surface area contributed by atoms with Gasteiger partial charge in [-0.15, -0.1) is 11.3 Å². The zero-order valence-electron chi connectivity index (χ0n) is 14.2. The number of carbonyl (C=O) groups is 2. The van der Waals surface area contributed by atoms with Crippen molar-refractivity contribution in [2.24, 2.45) is 0 Å². The van der Waals surface area contributed by atoms with Crippen LogP contribution in [0.25, 0.3) is 6.08 Å². The van der Waals surface area contributed by atoms with E-state index in [1.54, 1.807) is 36.4 Å². The first-order valence-corrected chi connectivity index (χ1v) is 9.03. The number of amides is 1. The molecule has 0 aliphatic heterocycles. The number of ether oxygens (including phenoxy) is 1. The second-order valence-electron chi connectivity index (χ2n) is 5.57. The lowest BCUT2D eigenvalue weighted by Gasteiger charge is -2.17. The van der Waals surface area contributed by atoms with E-state index in [4.69, 9.17) is 4.74 Å². The molecular weight excluding hydrogens is 365 g/mol. The summed E-state index contributed by atoms with van der Waals surface area (Å²) in [6, 6.07) is 17.8. The molecule has 0 aliphatic carbocycles. The van der Waals surface area contributed by atoms with Crippen molar-refractivity contribution in [3.8, 4) is 0 Å². The van der Waals surface area contributed by atoms with Crippen LogP contribution in [0.4, 0.5) is 10.1 Å². The smallest absolute Gasteiger partial charge is 0.331 e. The van der Waals surface area contributed by atoms with E-state index in [1.807, 2.05) is 17.5 Å². The minimum Gasteiger partial charge on any atom is -0.444 e.